The van der Waals surface area contributed by atoms with Crippen molar-refractivity contribution in [2.75, 3.05) is 10.6 Å². The van der Waals surface area contributed by atoms with E-state index in [4.69, 9.17) is 0 Å². The summed E-state index contributed by atoms with van der Waals surface area (Å²) in [6.07, 6.45) is 0. The van der Waals surface area contributed by atoms with E-state index in [9.17, 15) is 4.79 Å². The zero-order valence-corrected chi connectivity index (χ0v) is 12.1. The molecular weight excluding hydrogens is 248 g/mol. The van der Waals surface area contributed by atoms with Crippen LogP contribution < -0.4 is 10.6 Å². The Bertz CT molecular complexity index is 607. The minimum Gasteiger partial charge on any atom is -0.378 e. The number of para-hydroxylation sites is 1. The van der Waals surface area contributed by atoms with Crippen molar-refractivity contribution >= 4 is 17.3 Å². The van der Waals surface area contributed by atoms with Gasteiger partial charge >= 0.3 is 0 Å². The average molecular weight is 268 g/mol. The molecule has 0 heterocycles. The van der Waals surface area contributed by atoms with E-state index in [1.54, 1.807) is 0 Å². The van der Waals surface area contributed by atoms with Crippen molar-refractivity contribution in [3.8, 4) is 0 Å². The molecule has 2 aromatic carbocycles. The van der Waals surface area contributed by atoms with E-state index >= 15 is 0 Å². The van der Waals surface area contributed by atoms with Gasteiger partial charge in [-0.2, -0.15) is 0 Å². The van der Waals surface area contributed by atoms with Gasteiger partial charge in [0.25, 0.3) is 0 Å². The van der Waals surface area contributed by atoms with Crippen LogP contribution in [0.1, 0.15) is 31.0 Å². The molecule has 0 aliphatic rings. The molecule has 0 aromatic heterocycles. The van der Waals surface area contributed by atoms with E-state index in [2.05, 4.69) is 42.7 Å². The first-order valence-electron chi connectivity index (χ1n) is 6.76. The normalized spacial score (nSPS) is 11.8. The second kappa shape index (κ2) is 6.24. The SMILES string of the molecule is CC(=O)Nc1cccc(C(C)Nc2ccccc2C)c1. The molecular formula is C17H20N2O. The molecule has 1 atom stereocenters. The lowest BCUT2D eigenvalue weighted by atomic mass is 10.1. The van der Waals surface area contributed by atoms with E-state index in [1.165, 1.54) is 12.5 Å². The summed E-state index contributed by atoms with van der Waals surface area (Å²) in [6.45, 7) is 5.71. The number of anilines is 2. The van der Waals surface area contributed by atoms with Gasteiger partial charge in [0.1, 0.15) is 0 Å². The summed E-state index contributed by atoms with van der Waals surface area (Å²) in [4.78, 5) is 11.1. The summed E-state index contributed by atoms with van der Waals surface area (Å²) in [5, 5.41) is 6.30. The molecule has 1 unspecified atom stereocenters. The molecule has 0 spiro atoms. The standard InChI is InChI=1S/C17H20N2O/c1-12-7-4-5-10-17(12)18-13(2)15-8-6-9-16(11-15)19-14(3)20/h4-11,13,18H,1-3H3,(H,19,20). The molecule has 1 amide bonds. The number of carbonyl (C=O) groups excluding carboxylic acids is 1. The lowest BCUT2D eigenvalue weighted by molar-refractivity contribution is -0.114. The lowest BCUT2D eigenvalue weighted by Crippen LogP contribution is -2.09. The van der Waals surface area contributed by atoms with Crippen LogP contribution in [0.2, 0.25) is 0 Å². The predicted octanol–water partition coefficient (Wildman–Crippen LogP) is 4.13. The smallest absolute Gasteiger partial charge is 0.221 e. The molecule has 3 nitrogen and oxygen atoms in total. The minimum atomic E-state index is -0.0540. The number of amides is 1. The highest BCUT2D eigenvalue weighted by Crippen LogP contribution is 2.23. The van der Waals surface area contributed by atoms with Crippen LogP contribution in [0.15, 0.2) is 48.5 Å². The van der Waals surface area contributed by atoms with Crippen LogP contribution in [0, 0.1) is 6.92 Å². The predicted molar refractivity (Wildman–Crippen MR) is 84.0 cm³/mol. The lowest BCUT2D eigenvalue weighted by Gasteiger charge is -2.18. The van der Waals surface area contributed by atoms with Crippen molar-refractivity contribution in [2.24, 2.45) is 0 Å². The summed E-state index contributed by atoms with van der Waals surface area (Å²) >= 11 is 0. The maximum absolute atomic E-state index is 11.1. The molecule has 0 aliphatic carbocycles. The highest BCUT2D eigenvalue weighted by atomic mass is 16.1. The third-order valence-corrected chi connectivity index (χ3v) is 3.22. The fourth-order valence-corrected chi connectivity index (χ4v) is 2.14. The van der Waals surface area contributed by atoms with Gasteiger partial charge in [-0.25, -0.2) is 0 Å². The highest BCUT2D eigenvalue weighted by Gasteiger charge is 2.07. The molecule has 0 fully saturated rings. The molecule has 2 N–H and O–H groups in total. The van der Waals surface area contributed by atoms with Crippen LogP contribution >= 0.6 is 0 Å². The molecule has 0 aliphatic heterocycles. The monoisotopic (exact) mass is 268 g/mol. The molecule has 0 radical (unpaired) electrons. The molecule has 20 heavy (non-hydrogen) atoms. The Morgan fingerprint density at radius 3 is 2.55 bits per heavy atom. The van der Waals surface area contributed by atoms with Crippen LogP contribution in [-0.4, -0.2) is 5.91 Å². The minimum absolute atomic E-state index is 0.0540. The van der Waals surface area contributed by atoms with E-state index in [0.29, 0.717) is 0 Å². The third kappa shape index (κ3) is 3.60. The van der Waals surface area contributed by atoms with Crippen LogP contribution in [0.25, 0.3) is 0 Å². The van der Waals surface area contributed by atoms with Gasteiger partial charge in [-0.3, -0.25) is 4.79 Å². The van der Waals surface area contributed by atoms with Crippen molar-refractivity contribution in [2.45, 2.75) is 26.8 Å². The van der Waals surface area contributed by atoms with E-state index < -0.39 is 0 Å². The first-order chi connectivity index (χ1) is 9.56. The summed E-state index contributed by atoms with van der Waals surface area (Å²) in [5.41, 5.74) is 4.32. The van der Waals surface area contributed by atoms with Crippen molar-refractivity contribution in [1.29, 1.82) is 0 Å². The van der Waals surface area contributed by atoms with Crippen molar-refractivity contribution in [1.82, 2.24) is 0 Å². The van der Waals surface area contributed by atoms with Crippen LogP contribution in [0.3, 0.4) is 0 Å². The number of carbonyl (C=O) groups is 1. The molecule has 2 aromatic rings. The summed E-state index contributed by atoms with van der Waals surface area (Å²) in [5.74, 6) is -0.0540. The Kier molecular flexibility index (Phi) is 4.41. The Morgan fingerprint density at radius 1 is 1.10 bits per heavy atom. The zero-order valence-electron chi connectivity index (χ0n) is 12.1. The van der Waals surface area contributed by atoms with Gasteiger partial charge in [-0.15, -0.1) is 0 Å². The molecule has 0 saturated carbocycles. The number of nitrogens with one attached hydrogen (secondary N) is 2. The molecule has 0 bridgehead atoms. The van der Waals surface area contributed by atoms with Crippen LogP contribution in [-0.2, 0) is 4.79 Å². The van der Waals surface area contributed by atoms with Crippen LogP contribution in [0.5, 0.6) is 0 Å². The Labute approximate surface area is 120 Å². The van der Waals surface area contributed by atoms with Gasteiger partial charge in [0.2, 0.25) is 5.91 Å². The van der Waals surface area contributed by atoms with Gasteiger partial charge < -0.3 is 10.6 Å². The number of hydrogen-bond acceptors (Lipinski definition) is 2. The molecule has 2 rings (SSSR count). The third-order valence-electron chi connectivity index (χ3n) is 3.22. The van der Waals surface area contributed by atoms with Gasteiger partial charge in [0.15, 0.2) is 0 Å². The second-order valence-corrected chi connectivity index (χ2v) is 4.99. The first kappa shape index (κ1) is 14.1. The van der Waals surface area contributed by atoms with Crippen molar-refractivity contribution in [3.63, 3.8) is 0 Å². The summed E-state index contributed by atoms with van der Waals surface area (Å²) in [7, 11) is 0. The quantitative estimate of drug-likeness (QED) is 0.875. The maximum atomic E-state index is 11.1. The molecule has 104 valence electrons. The van der Waals surface area contributed by atoms with Crippen LogP contribution in [0.4, 0.5) is 11.4 Å². The fraction of sp³-hybridized carbons (Fsp3) is 0.235. The summed E-state index contributed by atoms with van der Waals surface area (Å²) < 4.78 is 0. The van der Waals surface area contributed by atoms with Gasteiger partial charge in [-0.1, -0.05) is 30.3 Å². The van der Waals surface area contributed by atoms with E-state index in [-0.39, 0.29) is 11.9 Å². The fourth-order valence-electron chi connectivity index (χ4n) is 2.14. The zero-order chi connectivity index (χ0) is 14.5. The molecule has 0 saturated heterocycles. The number of aryl methyl sites for hydroxylation is 1. The Hall–Kier alpha value is -2.29. The number of benzene rings is 2. The maximum Gasteiger partial charge on any atom is 0.221 e. The largest absolute Gasteiger partial charge is 0.378 e. The van der Waals surface area contributed by atoms with E-state index in [0.717, 1.165) is 16.9 Å². The topological polar surface area (TPSA) is 41.1 Å². The number of hydrogen-bond donors (Lipinski definition) is 2. The average Bonchev–Trinajstić information content (AvgIpc) is 2.41. The number of rotatable bonds is 4. The van der Waals surface area contributed by atoms with Crippen molar-refractivity contribution in [3.05, 3.63) is 59.7 Å². The Morgan fingerprint density at radius 2 is 1.85 bits per heavy atom. The second-order valence-electron chi connectivity index (χ2n) is 4.99. The Balaban J connectivity index is 2.15. The van der Waals surface area contributed by atoms with Gasteiger partial charge in [0.05, 0.1) is 0 Å². The first-order valence-corrected chi connectivity index (χ1v) is 6.76. The highest BCUT2D eigenvalue weighted by molar-refractivity contribution is 5.88. The summed E-state index contributed by atoms with van der Waals surface area (Å²) in [6, 6.07) is 16.3. The van der Waals surface area contributed by atoms with Gasteiger partial charge in [0, 0.05) is 24.3 Å². The van der Waals surface area contributed by atoms with Gasteiger partial charge in [-0.05, 0) is 43.2 Å². The molecule has 3 heteroatoms. The van der Waals surface area contributed by atoms with Crippen molar-refractivity contribution < 1.29 is 4.79 Å². The van der Waals surface area contributed by atoms with E-state index in [1.807, 2.05) is 30.3 Å².